The number of sulfonamides is 1. The second-order valence-electron chi connectivity index (χ2n) is 3.71. The highest BCUT2D eigenvalue weighted by molar-refractivity contribution is 7.89. The molecule has 0 aromatic heterocycles. The summed E-state index contributed by atoms with van der Waals surface area (Å²) in [5, 5.41) is 10.6. The Bertz CT molecular complexity index is 539. The highest BCUT2D eigenvalue weighted by Crippen LogP contribution is 2.22. The summed E-state index contributed by atoms with van der Waals surface area (Å²) in [5.74, 6) is -1.46. The first-order valence-corrected chi connectivity index (χ1v) is 6.63. The molecule has 0 saturated carbocycles. The summed E-state index contributed by atoms with van der Waals surface area (Å²) in [6.45, 7) is 3.29. The zero-order valence-corrected chi connectivity index (χ0v) is 10.8. The summed E-state index contributed by atoms with van der Waals surface area (Å²) in [7, 11) is -3.82. The molecule has 0 aliphatic heterocycles. The number of hydrogen-bond donors (Lipinski definition) is 1. The number of carbonyl (C=O) groups excluding carboxylic acids is 1. The monoisotopic (exact) mass is 276 g/mol. The van der Waals surface area contributed by atoms with Crippen LogP contribution in [0.2, 0.25) is 5.02 Å². The number of carboxylic acid groups (broad SMARTS) is 1. The summed E-state index contributed by atoms with van der Waals surface area (Å²) in [4.78, 5) is 10.4. The molecule has 7 heteroatoms. The number of aromatic carboxylic acids is 1. The number of benzene rings is 1. The molecule has 0 aliphatic rings. The van der Waals surface area contributed by atoms with Crippen LogP contribution in [-0.4, -0.2) is 20.4 Å². The van der Waals surface area contributed by atoms with Crippen LogP contribution in [0.1, 0.15) is 24.2 Å². The summed E-state index contributed by atoms with van der Waals surface area (Å²) >= 11 is 5.74. The van der Waals surface area contributed by atoms with Gasteiger partial charge in [-0.1, -0.05) is 17.7 Å². The smallest absolute Gasteiger partial charge is 0.242 e. The van der Waals surface area contributed by atoms with Crippen LogP contribution >= 0.6 is 11.6 Å². The van der Waals surface area contributed by atoms with E-state index < -0.39 is 16.0 Å². The molecular weight excluding hydrogens is 266 g/mol. The van der Waals surface area contributed by atoms with Crippen molar-refractivity contribution in [3.05, 3.63) is 28.8 Å². The maximum absolute atomic E-state index is 11.8. The Morgan fingerprint density at radius 3 is 2.47 bits per heavy atom. The lowest BCUT2D eigenvalue weighted by atomic mass is 10.2. The van der Waals surface area contributed by atoms with Crippen LogP contribution in [0.3, 0.4) is 0 Å². The van der Waals surface area contributed by atoms with Crippen molar-refractivity contribution in [2.45, 2.75) is 24.8 Å². The highest BCUT2D eigenvalue weighted by Gasteiger charge is 2.19. The molecule has 1 rings (SSSR count). The fraction of sp³-hybridized carbons (Fsp3) is 0.300. The van der Waals surface area contributed by atoms with Gasteiger partial charge >= 0.3 is 0 Å². The van der Waals surface area contributed by atoms with E-state index in [0.29, 0.717) is 0 Å². The fourth-order valence-electron chi connectivity index (χ4n) is 1.21. The SMILES string of the molecule is CC(C)NS(=O)(=O)c1cc(C(=O)[O-])ccc1Cl. The minimum atomic E-state index is -3.82. The van der Waals surface area contributed by atoms with E-state index in [4.69, 9.17) is 11.6 Å². The predicted molar refractivity (Wildman–Crippen MR) is 61.2 cm³/mol. The van der Waals surface area contributed by atoms with E-state index in [1.54, 1.807) is 13.8 Å². The normalized spacial score (nSPS) is 11.8. The van der Waals surface area contributed by atoms with E-state index in [9.17, 15) is 18.3 Å². The van der Waals surface area contributed by atoms with Gasteiger partial charge in [0.2, 0.25) is 10.0 Å². The number of nitrogens with one attached hydrogen (secondary N) is 1. The van der Waals surface area contributed by atoms with Crippen molar-refractivity contribution < 1.29 is 18.3 Å². The molecule has 0 aliphatic carbocycles. The lowest BCUT2D eigenvalue weighted by Gasteiger charge is -2.12. The van der Waals surface area contributed by atoms with Crippen LogP contribution in [0.15, 0.2) is 23.1 Å². The van der Waals surface area contributed by atoms with Crippen LogP contribution in [0.5, 0.6) is 0 Å². The van der Waals surface area contributed by atoms with Gasteiger partial charge in [-0.15, -0.1) is 0 Å². The van der Waals surface area contributed by atoms with E-state index >= 15 is 0 Å². The zero-order valence-electron chi connectivity index (χ0n) is 9.23. The largest absolute Gasteiger partial charge is 0.545 e. The minimum absolute atomic E-state index is 0.0387. The van der Waals surface area contributed by atoms with Crippen LogP contribution in [-0.2, 0) is 10.0 Å². The molecule has 0 amide bonds. The molecule has 94 valence electrons. The third-order valence-corrected chi connectivity index (χ3v) is 3.99. The number of hydrogen-bond acceptors (Lipinski definition) is 4. The van der Waals surface area contributed by atoms with Gasteiger partial charge in [0.05, 0.1) is 11.0 Å². The Balaban J connectivity index is 3.30. The molecule has 0 fully saturated rings. The molecule has 5 nitrogen and oxygen atoms in total. The van der Waals surface area contributed by atoms with Crippen LogP contribution in [0.4, 0.5) is 0 Å². The van der Waals surface area contributed by atoms with Crippen LogP contribution < -0.4 is 9.83 Å². The van der Waals surface area contributed by atoms with Gasteiger partial charge < -0.3 is 9.90 Å². The first kappa shape index (κ1) is 14.0. The van der Waals surface area contributed by atoms with Gasteiger partial charge in [-0.2, -0.15) is 0 Å². The van der Waals surface area contributed by atoms with Crippen LogP contribution in [0.25, 0.3) is 0 Å². The van der Waals surface area contributed by atoms with E-state index in [2.05, 4.69) is 4.72 Å². The van der Waals surface area contributed by atoms with E-state index in [1.807, 2.05) is 0 Å². The zero-order chi connectivity index (χ0) is 13.2. The van der Waals surface area contributed by atoms with Crippen molar-refractivity contribution in [2.24, 2.45) is 0 Å². The third kappa shape index (κ3) is 3.42. The third-order valence-electron chi connectivity index (χ3n) is 1.85. The quantitative estimate of drug-likeness (QED) is 0.862. The molecule has 1 aromatic carbocycles. The van der Waals surface area contributed by atoms with Crippen molar-refractivity contribution >= 4 is 27.6 Å². The molecule has 0 saturated heterocycles. The second-order valence-corrected chi connectivity index (χ2v) is 5.80. The van der Waals surface area contributed by atoms with Crippen molar-refractivity contribution in [1.29, 1.82) is 0 Å². The van der Waals surface area contributed by atoms with Gasteiger partial charge in [-0.05, 0) is 31.5 Å². The molecule has 1 N–H and O–H groups in total. The van der Waals surface area contributed by atoms with Crippen molar-refractivity contribution in [3.8, 4) is 0 Å². The Labute approximate surface area is 104 Å². The number of carbonyl (C=O) groups is 1. The molecule has 17 heavy (non-hydrogen) atoms. The molecule has 0 bridgehead atoms. The number of carboxylic acids is 1. The van der Waals surface area contributed by atoms with Gasteiger partial charge in [-0.3, -0.25) is 0 Å². The molecule has 0 atom stereocenters. The van der Waals surface area contributed by atoms with Crippen LogP contribution in [0, 0.1) is 0 Å². The summed E-state index contributed by atoms with van der Waals surface area (Å²) in [5.41, 5.74) is -0.237. The maximum Gasteiger partial charge on any atom is 0.242 e. The maximum atomic E-state index is 11.8. The summed E-state index contributed by atoms with van der Waals surface area (Å²) in [6.07, 6.45) is 0. The van der Waals surface area contributed by atoms with Gasteiger partial charge in [-0.25, -0.2) is 13.1 Å². The second kappa shape index (κ2) is 5.03. The summed E-state index contributed by atoms with van der Waals surface area (Å²) in [6, 6.07) is 3.05. The van der Waals surface area contributed by atoms with Gasteiger partial charge in [0.15, 0.2) is 0 Å². The predicted octanol–water partition coefficient (Wildman–Crippen LogP) is 0.390. The van der Waals surface area contributed by atoms with Gasteiger partial charge in [0.25, 0.3) is 0 Å². The molecule has 0 unspecified atom stereocenters. The highest BCUT2D eigenvalue weighted by atomic mass is 35.5. The molecule has 1 aromatic rings. The number of rotatable bonds is 4. The van der Waals surface area contributed by atoms with E-state index in [-0.39, 0.29) is 21.5 Å². The average Bonchev–Trinajstić information content (AvgIpc) is 2.15. The Hall–Kier alpha value is -1.11. The van der Waals surface area contributed by atoms with Crippen molar-refractivity contribution in [1.82, 2.24) is 4.72 Å². The fourth-order valence-corrected chi connectivity index (χ4v) is 2.99. The molecule has 0 spiro atoms. The van der Waals surface area contributed by atoms with Crippen molar-refractivity contribution in [2.75, 3.05) is 0 Å². The Morgan fingerprint density at radius 1 is 1.41 bits per heavy atom. The van der Waals surface area contributed by atoms with Gasteiger partial charge in [0.1, 0.15) is 4.90 Å². The topological polar surface area (TPSA) is 86.3 Å². The Kier molecular flexibility index (Phi) is 4.13. The lowest BCUT2D eigenvalue weighted by molar-refractivity contribution is -0.255. The average molecular weight is 277 g/mol. The minimum Gasteiger partial charge on any atom is -0.545 e. The lowest BCUT2D eigenvalue weighted by Crippen LogP contribution is -2.31. The Morgan fingerprint density at radius 2 is 2.00 bits per heavy atom. The number of halogens is 1. The van der Waals surface area contributed by atoms with Gasteiger partial charge in [0, 0.05) is 6.04 Å². The first-order chi connectivity index (χ1) is 7.74. The van der Waals surface area contributed by atoms with Crippen molar-refractivity contribution in [3.63, 3.8) is 0 Å². The van der Waals surface area contributed by atoms with E-state index in [1.165, 1.54) is 12.1 Å². The molecule has 0 radical (unpaired) electrons. The standard InChI is InChI=1S/C10H12ClNO4S/c1-6(2)12-17(15,16)9-5-7(10(13)14)3-4-8(9)11/h3-6,12H,1-2H3,(H,13,14)/p-1. The van der Waals surface area contributed by atoms with E-state index in [0.717, 1.165) is 6.07 Å². The molecule has 0 heterocycles. The summed E-state index contributed by atoms with van der Waals surface area (Å²) < 4.78 is 26.0. The molecular formula is C10H11ClNO4S-. The first-order valence-electron chi connectivity index (χ1n) is 4.77.